The molecule has 1 aliphatic rings. The molecule has 1 amide bonds. The van der Waals surface area contributed by atoms with E-state index in [0.29, 0.717) is 0 Å². The van der Waals surface area contributed by atoms with E-state index in [1.54, 1.807) is 0 Å². The van der Waals surface area contributed by atoms with Crippen molar-refractivity contribution < 1.29 is 4.79 Å². The number of benzene rings is 1. The zero-order valence-corrected chi connectivity index (χ0v) is 12.6. The minimum Gasteiger partial charge on any atom is -0.325 e. The topological polar surface area (TPSA) is 32.3 Å². The number of fused-ring (bicyclic) bond motifs is 1. The average molecular weight is 311 g/mol. The number of hydrogen-bond donors (Lipinski definition) is 1. The summed E-state index contributed by atoms with van der Waals surface area (Å²) in [6, 6.07) is 6.12. The van der Waals surface area contributed by atoms with Crippen LogP contribution in [0.3, 0.4) is 0 Å². The summed E-state index contributed by atoms with van der Waals surface area (Å²) in [4.78, 5) is 14.2. The van der Waals surface area contributed by atoms with Crippen molar-refractivity contribution in [2.45, 2.75) is 31.8 Å². The lowest BCUT2D eigenvalue weighted by Crippen LogP contribution is -2.27. The molecule has 0 bridgehead atoms. The number of carbonyl (C=O) groups is 1. The SMILES string of the molecule is CC(C)C(Br)C(=O)Nc1cccc2c1CN(C)C2. The van der Waals surface area contributed by atoms with E-state index >= 15 is 0 Å². The monoisotopic (exact) mass is 310 g/mol. The number of carbonyl (C=O) groups excluding carboxylic acids is 1. The van der Waals surface area contributed by atoms with Crippen molar-refractivity contribution >= 4 is 27.5 Å². The van der Waals surface area contributed by atoms with Gasteiger partial charge in [-0.25, -0.2) is 0 Å². The second-order valence-corrected chi connectivity index (χ2v) is 6.24. The Kier molecular flexibility index (Phi) is 4.07. The summed E-state index contributed by atoms with van der Waals surface area (Å²) in [5.74, 6) is 0.317. The van der Waals surface area contributed by atoms with Crippen LogP contribution in [0.1, 0.15) is 25.0 Å². The quantitative estimate of drug-likeness (QED) is 0.871. The summed E-state index contributed by atoms with van der Waals surface area (Å²) < 4.78 is 0. The Morgan fingerprint density at radius 3 is 2.78 bits per heavy atom. The zero-order valence-electron chi connectivity index (χ0n) is 11.0. The van der Waals surface area contributed by atoms with Crippen LogP contribution in [0.15, 0.2) is 18.2 Å². The number of anilines is 1. The highest BCUT2D eigenvalue weighted by atomic mass is 79.9. The number of nitrogens with zero attached hydrogens (tertiary/aromatic N) is 1. The lowest BCUT2D eigenvalue weighted by molar-refractivity contribution is -0.116. The molecule has 1 atom stereocenters. The van der Waals surface area contributed by atoms with E-state index in [-0.39, 0.29) is 16.7 Å². The smallest absolute Gasteiger partial charge is 0.238 e. The molecule has 0 spiro atoms. The predicted molar refractivity (Wildman–Crippen MR) is 77.8 cm³/mol. The van der Waals surface area contributed by atoms with E-state index in [2.05, 4.69) is 39.3 Å². The van der Waals surface area contributed by atoms with E-state index in [4.69, 9.17) is 0 Å². The van der Waals surface area contributed by atoms with Crippen LogP contribution in [0.2, 0.25) is 0 Å². The minimum absolute atomic E-state index is 0.0351. The van der Waals surface area contributed by atoms with Crippen LogP contribution in [0, 0.1) is 5.92 Å². The van der Waals surface area contributed by atoms with Crippen molar-refractivity contribution in [1.29, 1.82) is 0 Å². The second-order valence-electron chi connectivity index (χ2n) is 5.25. The normalized spacial score (nSPS) is 16.7. The number of alkyl halides is 1. The summed E-state index contributed by atoms with van der Waals surface area (Å²) in [5, 5.41) is 3.03. The molecule has 3 nitrogen and oxygen atoms in total. The van der Waals surface area contributed by atoms with Gasteiger partial charge in [-0.15, -0.1) is 0 Å². The van der Waals surface area contributed by atoms with Crippen molar-refractivity contribution in [2.75, 3.05) is 12.4 Å². The second kappa shape index (κ2) is 5.41. The molecule has 2 rings (SSSR count). The van der Waals surface area contributed by atoms with Gasteiger partial charge < -0.3 is 5.32 Å². The fourth-order valence-electron chi connectivity index (χ4n) is 2.21. The molecule has 0 radical (unpaired) electrons. The van der Waals surface area contributed by atoms with Crippen molar-refractivity contribution in [3.63, 3.8) is 0 Å². The van der Waals surface area contributed by atoms with Gasteiger partial charge in [0.25, 0.3) is 0 Å². The lowest BCUT2D eigenvalue weighted by Gasteiger charge is -2.15. The van der Waals surface area contributed by atoms with Crippen molar-refractivity contribution in [1.82, 2.24) is 4.90 Å². The minimum atomic E-state index is -0.146. The van der Waals surface area contributed by atoms with Gasteiger partial charge in [-0.2, -0.15) is 0 Å². The van der Waals surface area contributed by atoms with Crippen molar-refractivity contribution in [3.8, 4) is 0 Å². The highest BCUT2D eigenvalue weighted by molar-refractivity contribution is 9.10. The molecule has 1 aromatic carbocycles. The van der Waals surface area contributed by atoms with Crippen LogP contribution < -0.4 is 5.32 Å². The molecule has 1 aromatic rings. The standard InChI is InChI=1S/C14H19BrN2O/c1-9(2)13(15)14(18)16-12-6-4-5-10-7-17(3)8-11(10)12/h4-6,9,13H,7-8H2,1-3H3,(H,16,18). The maximum atomic E-state index is 12.1. The van der Waals surface area contributed by atoms with Gasteiger partial charge in [-0.05, 0) is 30.2 Å². The third-order valence-electron chi connectivity index (χ3n) is 3.23. The third-order valence-corrected chi connectivity index (χ3v) is 4.71. The third kappa shape index (κ3) is 2.75. The average Bonchev–Trinajstić information content (AvgIpc) is 2.69. The van der Waals surface area contributed by atoms with Crippen LogP contribution in [-0.4, -0.2) is 22.7 Å². The molecule has 4 heteroatoms. The van der Waals surface area contributed by atoms with Gasteiger partial charge >= 0.3 is 0 Å². The van der Waals surface area contributed by atoms with Gasteiger partial charge in [0.2, 0.25) is 5.91 Å². The van der Waals surface area contributed by atoms with Gasteiger partial charge in [-0.1, -0.05) is 41.9 Å². The molecular weight excluding hydrogens is 292 g/mol. The summed E-state index contributed by atoms with van der Waals surface area (Å²) in [5.41, 5.74) is 3.51. The maximum Gasteiger partial charge on any atom is 0.238 e. The van der Waals surface area contributed by atoms with Gasteiger partial charge in [0.1, 0.15) is 0 Å². The molecule has 0 fully saturated rings. The highest BCUT2D eigenvalue weighted by Crippen LogP contribution is 2.28. The summed E-state index contributed by atoms with van der Waals surface area (Å²) in [6.07, 6.45) is 0. The van der Waals surface area contributed by atoms with Crippen LogP contribution >= 0.6 is 15.9 Å². The molecule has 98 valence electrons. The molecule has 1 unspecified atom stereocenters. The Hall–Kier alpha value is -0.870. The van der Waals surface area contributed by atoms with E-state index < -0.39 is 0 Å². The van der Waals surface area contributed by atoms with Crippen LogP contribution in [0.5, 0.6) is 0 Å². The predicted octanol–water partition coefficient (Wildman–Crippen LogP) is 2.99. The van der Waals surface area contributed by atoms with E-state index in [1.165, 1.54) is 11.1 Å². The van der Waals surface area contributed by atoms with Gasteiger partial charge in [0.15, 0.2) is 0 Å². The molecule has 0 saturated carbocycles. The molecule has 1 heterocycles. The van der Waals surface area contributed by atoms with Crippen LogP contribution in [0.4, 0.5) is 5.69 Å². The first-order valence-corrected chi connectivity index (χ1v) is 7.15. The Morgan fingerprint density at radius 2 is 2.11 bits per heavy atom. The maximum absolute atomic E-state index is 12.1. The van der Waals surface area contributed by atoms with E-state index in [0.717, 1.165) is 18.8 Å². The number of nitrogens with one attached hydrogen (secondary N) is 1. The Morgan fingerprint density at radius 1 is 1.39 bits per heavy atom. The highest BCUT2D eigenvalue weighted by Gasteiger charge is 2.22. The number of rotatable bonds is 3. The van der Waals surface area contributed by atoms with Gasteiger partial charge in [0.05, 0.1) is 4.83 Å². The van der Waals surface area contributed by atoms with Crippen LogP contribution in [0.25, 0.3) is 0 Å². The number of hydrogen-bond acceptors (Lipinski definition) is 2. The Balaban J connectivity index is 2.16. The first-order chi connectivity index (χ1) is 8.49. The van der Waals surface area contributed by atoms with E-state index in [1.807, 2.05) is 26.0 Å². The zero-order chi connectivity index (χ0) is 13.3. The first-order valence-electron chi connectivity index (χ1n) is 6.23. The molecule has 1 aliphatic heterocycles. The lowest BCUT2D eigenvalue weighted by atomic mass is 10.1. The van der Waals surface area contributed by atoms with E-state index in [9.17, 15) is 4.79 Å². The molecule has 0 aromatic heterocycles. The summed E-state index contributed by atoms with van der Waals surface area (Å²) in [7, 11) is 2.09. The fourth-order valence-corrected chi connectivity index (χ4v) is 2.32. The number of halogens is 1. The molecule has 0 saturated heterocycles. The van der Waals surface area contributed by atoms with Gasteiger partial charge in [0, 0.05) is 18.8 Å². The molecule has 0 aliphatic carbocycles. The molecule has 1 N–H and O–H groups in total. The van der Waals surface area contributed by atoms with Crippen LogP contribution in [-0.2, 0) is 17.9 Å². The first kappa shape index (κ1) is 13.6. The Labute approximate surface area is 117 Å². The number of amides is 1. The molecular formula is C14H19BrN2O. The van der Waals surface area contributed by atoms with Gasteiger partial charge in [-0.3, -0.25) is 9.69 Å². The fraction of sp³-hybridized carbons (Fsp3) is 0.500. The summed E-state index contributed by atoms with van der Waals surface area (Å²) >= 11 is 3.44. The van der Waals surface area contributed by atoms with Crippen molar-refractivity contribution in [2.24, 2.45) is 5.92 Å². The largest absolute Gasteiger partial charge is 0.325 e. The van der Waals surface area contributed by atoms with Crippen molar-refractivity contribution in [3.05, 3.63) is 29.3 Å². The molecule has 18 heavy (non-hydrogen) atoms. The Bertz CT molecular complexity index is 459. The summed E-state index contributed by atoms with van der Waals surface area (Å²) in [6.45, 7) is 5.92.